The summed E-state index contributed by atoms with van der Waals surface area (Å²) in [6.07, 6.45) is 6.21. The fraction of sp³-hybridized carbons (Fsp3) is 0.684. The lowest BCUT2D eigenvalue weighted by molar-refractivity contribution is -0.289. The van der Waals surface area contributed by atoms with E-state index in [0.29, 0.717) is 6.61 Å². The lowest BCUT2D eigenvalue weighted by Crippen LogP contribution is -2.46. The number of ether oxygens (including phenoxy) is 3. The van der Waals surface area contributed by atoms with Gasteiger partial charge in [-0.3, -0.25) is 4.84 Å². The number of nitrogens with zero attached hydrogens (tertiary/aromatic N) is 1. The van der Waals surface area contributed by atoms with E-state index in [-0.39, 0.29) is 17.9 Å². The predicted octanol–water partition coefficient (Wildman–Crippen LogP) is 3.45. The van der Waals surface area contributed by atoms with Gasteiger partial charge >= 0.3 is 0 Å². The molecule has 24 heavy (non-hydrogen) atoms. The first-order valence-electron chi connectivity index (χ1n) is 9.18. The summed E-state index contributed by atoms with van der Waals surface area (Å²) < 4.78 is 16.9. The van der Waals surface area contributed by atoms with E-state index in [0.717, 1.165) is 43.9 Å². The zero-order valence-corrected chi connectivity index (χ0v) is 14.4. The van der Waals surface area contributed by atoms with Crippen molar-refractivity contribution in [3.8, 4) is 5.75 Å². The molecule has 132 valence electrons. The van der Waals surface area contributed by atoms with Gasteiger partial charge in [0.05, 0.1) is 19.8 Å². The molecule has 5 heteroatoms. The molecule has 3 fully saturated rings. The van der Waals surface area contributed by atoms with Crippen LogP contribution in [0.15, 0.2) is 24.3 Å². The molecule has 1 saturated carbocycles. The van der Waals surface area contributed by atoms with E-state index in [9.17, 15) is 0 Å². The van der Waals surface area contributed by atoms with Gasteiger partial charge in [-0.15, -0.1) is 0 Å². The van der Waals surface area contributed by atoms with E-state index in [1.165, 1.54) is 19.3 Å². The first kappa shape index (κ1) is 16.3. The van der Waals surface area contributed by atoms with Crippen LogP contribution in [0.4, 0.5) is 0 Å². The molecule has 3 aliphatic rings. The highest BCUT2D eigenvalue weighted by Gasteiger charge is 2.44. The lowest BCUT2D eigenvalue weighted by Gasteiger charge is -2.40. The van der Waals surface area contributed by atoms with Crippen LogP contribution in [0.25, 0.3) is 0 Å². The minimum atomic E-state index is -0.181. The molecule has 4 rings (SSSR count). The number of rotatable bonds is 6. The van der Waals surface area contributed by atoms with E-state index < -0.39 is 0 Å². The Bertz CT molecular complexity index is 537. The molecule has 2 unspecified atom stereocenters. The quantitative estimate of drug-likeness (QED) is 0.746. The highest BCUT2D eigenvalue weighted by atomic mass is 16.7. The molecule has 0 bridgehead atoms. The van der Waals surface area contributed by atoms with Crippen molar-refractivity contribution in [2.45, 2.75) is 57.0 Å². The number of hydrogen-bond acceptors (Lipinski definition) is 5. The molecule has 0 aromatic heterocycles. The van der Waals surface area contributed by atoms with Crippen LogP contribution in [0.3, 0.4) is 0 Å². The van der Waals surface area contributed by atoms with Gasteiger partial charge in [0.15, 0.2) is 0 Å². The van der Waals surface area contributed by atoms with Crippen LogP contribution in [0.5, 0.6) is 5.75 Å². The molecular formula is C19H27NO4. The van der Waals surface area contributed by atoms with Crippen LogP contribution in [0, 0.1) is 0 Å². The number of benzene rings is 1. The Balaban J connectivity index is 1.35. The van der Waals surface area contributed by atoms with Gasteiger partial charge in [0.2, 0.25) is 0 Å². The van der Waals surface area contributed by atoms with E-state index in [2.05, 4.69) is 24.1 Å². The van der Waals surface area contributed by atoms with E-state index in [1.807, 2.05) is 12.1 Å². The maximum absolute atomic E-state index is 6.29. The molecule has 0 amide bonds. The minimum Gasteiger partial charge on any atom is -0.491 e. The minimum absolute atomic E-state index is 0.00585. The van der Waals surface area contributed by atoms with Crippen molar-refractivity contribution in [1.82, 2.24) is 5.06 Å². The largest absolute Gasteiger partial charge is 0.491 e. The van der Waals surface area contributed by atoms with Crippen molar-refractivity contribution in [2.24, 2.45) is 0 Å². The van der Waals surface area contributed by atoms with Gasteiger partial charge in [-0.25, -0.2) is 0 Å². The maximum atomic E-state index is 6.29. The highest BCUT2D eigenvalue weighted by Crippen LogP contribution is 2.39. The smallest absolute Gasteiger partial charge is 0.144 e. The molecule has 2 atom stereocenters. The average Bonchev–Trinajstić information content (AvgIpc) is 3.38. The molecule has 2 aliphatic heterocycles. The summed E-state index contributed by atoms with van der Waals surface area (Å²) in [6, 6.07) is 8.18. The Morgan fingerprint density at radius 3 is 2.67 bits per heavy atom. The summed E-state index contributed by atoms with van der Waals surface area (Å²) in [7, 11) is 0. The van der Waals surface area contributed by atoms with Crippen LogP contribution >= 0.6 is 0 Å². The summed E-state index contributed by atoms with van der Waals surface area (Å²) in [6.45, 7) is 5.18. The van der Waals surface area contributed by atoms with Gasteiger partial charge in [0, 0.05) is 0 Å². The zero-order valence-electron chi connectivity index (χ0n) is 14.4. The third-order valence-corrected chi connectivity index (χ3v) is 5.23. The molecule has 1 aromatic carbocycles. The van der Waals surface area contributed by atoms with E-state index in [4.69, 9.17) is 19.0 Å². The number of epoxide rings is 1. The summed E-state index contributed by atoms with van der Waals surface area (Å²) in [5, 5.41) is 2.10. The third kappa shape index (κ3) is 3.59. The van der Waals surface area contributed by atoms with Crippen LogP contribution in [-0.2, 0) is 14.3 Å². The van der Waals surface area contributed by atoms with Crippen LogP contribution in [-0.4, -0.2) is 43.3 Å². The third-order valence-electron chi connectivity index (χ3n) is 5.23. The van der Waals surface area contributed by atoms with Crippen LogP contribution in [0.2, 0.25) is 0 Å². The van der Waals surface area contributed by atoms with Crippen molar-refractivity contribution in [1.29, 1.82) is 0 Å². The standard InChI is InChI=1S/C19H27NO4/c1-15(16-5-7-17(8-6-16)21-13-18-14-22-18)24-20-11-12-23-19(20)9-3-2-4-10-19/h5-8,15,18H,2-4,9-14H2,1H3. The first-order chi connectivity index (χ1) is 11.8. The van der Waals surface area contributed by atoms with Crippen molar-refractivity contribution < 1.29 is 19.0 Å². The molecule has 2 saturated heterocycles. The molecule has 0 radical (unpaired) electrons. The summed E-state index contributed by atoms with van der Waals surface area (Å²) in [5.74, 6) is 0.884. The second kappa shape index (κ2) is 7.00. The SMILES string of the molecule is CC(ON1CCOC12CCCCC2)c1ccc(OCC2CO2)cc1. The van der Waals surface area contributed by atoms with Gasteiger partial charge in [0.25, 0.3) is 0 Å². The highest BCUT2D eigenvalue weighted by molar-refractivity contribution is 5.28. The van der Waals surface area contributed by atoms with Crippen LogP contribution in [0.1, 0.15) is 50.7 Å². The molecule has 1 aromatic rings. The lowest BCUT2D eigenvalue weighted by atomic mass is 9.92. The van der Waals surface area contributed by atoms with Crippen LogP contribution < -0.4 is 4.74 Å². The molecular weight excluding hydrogens is 306 g/mol. The van der Waals surface area contributed by atoms with Gasteiger partial charge < -0.3 is 14.2 Å². The normalized spacial score (nSPS) is 27.3. The van der Waals surface area contributed by atoms with E-state index in [1.54, 1.807) is 0 Å². The second-order valence-electron chi connectivity index (χ2n) is 7.04. The second-order valence-corrected chi connectivity index (χ2v) is 7.04. The topological polar surface area (TPSA) is 43.5 Å². The number of hydroxylamine groups is 2. The summed E-state index contributed by atoms with van der Waals surface area (Å²) in [5.41, 5.74) is 0.975. The fourth-order valence-electron chi connectivity index (χ4n) is 3.68. The van der Waals surface area contributed by atoms with Gasteiger partial charge in [-0.1, -0.05) is 18.6 Å². The molecule has 5 nitrogen and oxygen atoms in total. The molecule has 0 N–H and O–H groups in total. The first-order valence-corrected chi connectivity index (χ1v) is 9.18. The Kier molecular flexibility index (Phi) is 4.77. The Labute approximate surface area is 143 Å². The van der Waals surface area contributed by atoms with Crippen molar-refractivity contribution >= 4 is 0 Å². The summed E-state index contributed by atoms with van der Waals surface area (Å²) in [4.78, 5) is 6.29. The zero-order chi connectivity index (χ0) is 16.4. The average molecular weight is 333 g/mol. The van der Waals surface area contributed by atoms with E-state index >= 15 is 0 Å². The van der Waals surface area contributed by atoms with Crippen molar-refractivity contribution in [3.63, 3.8) is 0 Å². The predicted molar refractivity (Wildman–Crippen MR) is 89.7 cm³/mol. The molecule has 1 spiro atoms. The van der Waals surface area contributed by atoms with Crippen molar-refractivity contribution in [3.05, 3.63) is 29.8 Å². The summed E-state index contributed by atoms with van der Waals surface area (Å²) >= 11 is 0. The van der Waals surface area contributed by atoms with Crippen molar-refractivity contribution in [2.75, 3.05) is 26.4 Å². The monoisotopic (exact) mass is 333 g/mol. The Morgan fingerprint density at radius 1 is 1.21 bits per heavy atom. The fourth-order valence-corrected chi connectivity index (χ4v) is 3.68. The Morgan fingerprint density at radius 2 is 1.96 bits per heavy atom. The van der Waals surface area contributed by atoms with Gasteiger partial charge in [0.1, 0.15) is 30.3 Å². The molecule has 1 aliphatic carbocycles. The number of hydrogen-bond donors (Lipinski definition) is 0. The van der Waals surface area contributed by atoms with Gasteiger partial charge in [-0.05, 0) is 50.3 Å². The van der Waals surface area contributed by atoms with Gasteiger partial charge in [-0.2, -0.15) is 5.06 Å². The Hall–Kier alpha value is -1.14. The molecule has 2 heterocycles. The maximum Gasteiger partial charge on any atom is 0.144 e.